The van der Waals surface area contributed by atoms with E-state index in [-0.39, 0.29) is 11.8 Å². The lowest BCUT2D eigenvalue weighted by Crippen LogP contribution is -2.53. The van der Waals surface area contributed by atoms with Crippen molar-refractivity contribution in [2.75, 3.05) is 27.2 Å². The van der Waals surface area contributed by atoms with Gasteiger partial charge >= 0.3 is 0 Å². The molecule has 2 aliphatic carbocycles. The van der Waals surface area contributed by atoms with E-state index in [0.717, 1.165) is 32.4 Å². The molecule has 162 valence electrons. The van der Waals surface area contributed by atoms with Gasteiger partial charge in [-0.2, -0.15) is 0 Å². The maximum atomic E-state index is 12.6. The number of hydrogen-bond donors (Lipinski definition) is 2. The number of nitrogens with one attached hydrogen (secondary N) is 1. The van der Waals surface area contributed by atoms with Gasteiger partial charge in [0.05, 0.1) is 17.6 Å². The second-order valence-corrected chi connectivity index (χ2v) is 8.94. The zero-order chi connectivity index (χ0) is 20.9. The molecule has 2 N–H and O–H groups in total. The highest BCUT2D eigenvalue weighted by Crippen LogP contribution is 2.34. The van der Waals surface area contributed by atoms with Crippen LogP contribution in [0, 0.1) is 5.92 Å². The first-order valence-corrected chi connectivity index (χ1v) is 11.3. The van der Waals surface area contributed by atoms with Gasteiger partial charge in [-0.3, -0.25) is 4.79 Å². The topological polar surface area (TPSA) is 61.8 Å². The predicted molar refractivity (Wildman–Crippen MR) is 116 cm³/mol. The first kappa shape index (κ1) is 22.3. The van der Waals surface area contributed by atoms with Crippen LogP contribution in [-0.4, -0.2) is 54.8 Å². The van der Waals surface area contributed by atoms with E-state index in [1.165, 1.54) is 30.4 Å². The molecule has 4 rings (SSSR count). The Morgan fingerprint density at radius 1 is 1.21 bits per heavy atom. The smallest absolute Gasteiger partial charge is 0.228 e. The zero-order valence-electron chi connectivity index (χ0n) is 18.3. The third kappa shape index (κ3) is 5.19. The normalized spacial score (nSPS) is 24.3. The summed E-state index contributed by atoms with van der Waals surface area (Å²) in [7, 11) is 3.68. The number of piperidine rings is 1. The number of rotatable bonds is 4. The van der Waals surface area contributed by atoms with Crippen molar-refractivity contribution >= 4 is 5.91 Å². The molecule has 1 heterocycles. The van der Waals surface area contributed by atoms with E-state index in [0.29, 0.717) is 25.0 Å². The van der Waals surface area contributed by atoms with Crippen LogP contribution < -0.4 is 5.32 Å². The van der Waals surface area contributed by atoms with Gasteiger partial charge in [-0.15, -0.1) is 0 Å². The van der Waals surface area contributed by atoms with E-state index in [9.17, 15) is 9.90 Å². The van der Waals surface area contributed by atoms with Crippen molar-refractivity contribution in [2.24, 2.45) is 5.92 Å². The molecule has 2 unspecified atom stereocenters. The number of aliphatic hydroxyl groups is 1. The molecule has 5 heteroatoms. The van der Waals surface area contributed by atoms with Gasteiger partial charge in [-0.05, 0) is 49.9 Å². The van der Waals surface area contributed by atoms with Crippen molar-refractivity contribution in [1.82, 2.24) is 10.2 Å². The third-order valence-corrected chi connectivity index (χ3v) is 7.21. The predicted octanol–water partition coefficient (Wildman–Crippen LogP) is 3.46. The van der Waals surface area contributed by atoms with E-state index in [1.54, 1.807) is 7.11 Å². The van der Waals surface area contributed by atoms with E-state index >= 15 is 0 Å². The van der Waals surface area contributed by atoms with Gasteiger partial charge in [0.15, 0.2) is 0 Å². The summed E-state index contributed by atoms with van der Waals surface area (Å²) in [6.45, 7) is 3.51. The summed E-state index contributed by atoms with van der Waals surface area (Å²) >= 11 is 0. The Morgan fingerprint density at radius 2 is 1.86 bits per heavy atom. The van der Waals surface area contributed by atoms with Gasteiger partial charge in [0, 0.05) is 26.6 Å². The summed E-state index contributed by atoms with van der Waals surface area (Å²) in [6, 6.07) is 8.81. The lowest BCUT2D eigenvalue weighted by Gasteiger charge is -2.40. The van der Waals surface area contributed by atoms with Crippen LogP contribution in [0.1, 0.15) is 69.1 Å². The number of ether oxygens (including phenoxy) is 1. The van der Waals surface area contributed by atoms with Crippen molar-refractivity contribution in [1.29, 1.82) is 0 Å². The maximum Gasteiger partial charge on any atom is 0.228 e. The number of benzene rings is 1. The summed E-state index contributed by atoms with van der Waals surface area (Å²) in [4.78, 5) is 14.5. The first-order chi connectivity index (χ1) is 14.0. The molecular formula is C24H38N2O3. The molecule has 0 bridgehead atoms. The molecule has 29 heavy (non-hydrogen) atoms. The number of carbonyl (C=O) groups is 1. The Bertz CT molecular complexity index is 666. The fourth-order valence-electron chi connectivity index (χ4n) is 4.90. The second kappa shape index (κ2) is 10.1. The van der Waals surface area contributed by atoms with Crippen LogP contribution in [0.4, 0.5) is 0 Å². The summed E-state index contributed by atoms with van der Waals surface area (Å²) in [6.07, 6.45) is 8.81. The summed E-state index contributed by atoms with van der Waals surface area (Å²) in [5, 5.41) is 13.9. The molecule has 1 aromatic carbocycles. The van der Waals surface area contributed by atoms with Crippen molar-refractivity contribution < 1.29 is 14.6 Å². The Kier molecular flexibility index (Phi) is 7.72. The number of carbonyl (C=O) groups excluding carboxylic acids is 1. The van der Waals surface area contributed by atoms with Crippen LogP contribution in [0.15, 0.2) is 24.3 Å². The lowest BCUT2D eigenvalue weighted by molar-refractivity contribution is -0.147. The molecule has 2 atom stereocenters. The van der Waals surface area contributed by atoms with E-state index < -0.39 is 5.60 Å². The monoisotopic (exact) mass is 402 g/mol. The number of nitrogens with zero attached hydrogens (tertiary/aromatic N) is 1. The largest absolute Gasteiger partial charge is 0.389 e. The second-order valence-electron chi connectivity index (χ2n) is 8.94. The van der Waals surface area contributed by atoms with E-state index in [4.69, 9.17) is 4.74 Å². The number of fused-ring (bicyclic) bond motifs is 1. The van der Waals surface area contributed by atoms with E-state index in [1.807, 2.05) is 18.9 Å². The Balaban J connectivity index is 0.000000200. The Labute approximate surface area is 175 Å². The minimum atomic E-state index is -0.814. The van der Waals surface area contributed by atoms with Crippen LogP contribution in [0.25, 0.3) is 0 Å². The van der Waals surface area contributed by atoms with Crippen molar-refractivity contribution in [3.05, 3.63) is 35.4 Å². The van der Waals surface area contributed by atoms with Gasteiger partial charge < -0.3 is 20.1 Å². The fourth-order valence-corrected chi connectivity index (χ4v) is 4.90. The average Bonchev–Trinajstić information content (AvgIpc) is 2.75. The van der Waals surface area contributed by atoms with Gasteiger partial charge in [0.2, 0.25) is 5.91 Å². The molecule has 0 spiro atoms. The minimum Gasteiger partial charge on any atom is -0.389 e. The molecule has 1 saturated heterocycles. The summed E-state index contributed by atoms with van der Waals surface area (Å²) in [5.41, 5.74) is 1.99. The molecule has 1 saturated carbocycles. The minimum absolute atomic E-state index is 0.122. The number of hydrogen-bond acceptors (Lipinski definition) is 4. The van der Waals surface area contributed by atoms with Gasteiger partial charge in [0.1, 0.15) is 0 Å². The maximum absolute atomic E-state index is 12.6. The highest BCUT2D eigenvalue weighted by Gasteiger charge is 2.41. The molecule has 1 amide bonds. The number of methoxy groups -OCH3 is 1. The van der Waals surface area contributed by atoms with Gasteiger partial charge in [-0.1, -0.05) is 50.5 Å². The van der Waals surface area contributed by atoms with Crippen LogP contribution in [0.3, 0.4) is 0 Å². The standard InChI is InChI=1S/C15H28N2O2.C9H10O/c1-12(15(19)8-10-16-11-9-15)14(18)17(2)13-6-4-3-5-7-13;1-10-9-6-7-4-2-3-5-8(7)9/h12-13,16,19H,3-11H2,1-2H3;2-5,9H,6H2,1H3. The van der Waals surface area contributed by atoms with Crippen molar-refractivity contribution in [3.8, 4) is 0 Å². The molecule has 3 aliphatic rings. The molecule has 0 radical (unpaired) electrons. The van der Waals surface area contributed by atoms with Crippen LogP contribution in [0.5, 0.6) is 0 Å². The number of amides is 1. The lowest BCUT2D eigenvalue weighted by atomic mass is 9.80. The summed E-state index contributed by atoms with van der Waals surface area (Å²) in [5.74, 6) is -0.169. The molecule has 0 aromatic heterocycles. The molecule has 1 aliphatic heterocycles. The van der Waals surface area contributed by atoms with Crippen LogP contribution in [-0.2, 0) is 16.0 Å². The van der Waals surface area contributed by atoms with Gasteiger partial charge in [0.25, 0.3) is 0 Å². The van der Waals surface area contributed by atoms with Crippen molar-refractivity contribution in [2.45, 2.75) is 76.0 Å². The Hall–Kier alpha value is -1.43. The van der Waals surface area contributed by atoms with Gasteiger partial charge in [-0.25, -0.2) is 0 Å². The molecular weight excluding hydrogens is 364 g/mol. The average molecular weight is 403 g/mol. The quantitative estimate of drug-likeness (QED) is 0.810. The third-order valence-electron chi connectivity index (χ3n) is 7.21. The highest BCUT2D eigenvalue weighted by atomic mass is 16.5. The molecule has 5 nitrogen and oxygen atoms in total. The molecule has 1 aromatic rings. The summed E-state index contributed by atoms with van der Waals surface area (Å²) < 4.78 is 5.21. The molecule has 2 fully saturated rings. The van der Waals surface area contributed by atoms with Crippen LogP contribution >= 0.6 is 0 Å². The zero-order valence-corrected chi connectivity index (χ0v) is 18.3. The van der Waals surface area contributed by atoms with Crippen LogP contribution in [0.2, 0.25) is 0 Å². The van der Waals surface area contributed by atoms with Crippen molar-refractivity contribution in [3.63, 3.8) is 0 Å². The Morgan fingerprint density at radius 3 is 2.48 bits per heavy atom. The SMILES string of the molecule is CC(C(=O)N(C)C1CCCCC1)C1(O)CCNCC1.COC1Cc2ccccc21. The highest BCUT2D eigenvalue weighted by molar-refractivity contribution is 5.79. The fraction of sp³-hybridized carbons (Fsp3) is 0.708. The first-order valence-electron chi connectivity index (χ1n) is 11.3. The van der Waals surface area contributed by atoms with E-state index in [2.05, 4.69) is 29.6 Å².